The van der Waals surface area contributed by atoms with Gasteiger partial charge in [0, 0.05) is 0 Å². The van der Waals surface area contributed by atoms with Crippen LogP contribution in [0.15, 0.2) is 0 Å². The Balaban J connectivity index is 0. The molecular weight excluding hydrogens is 147 g/mol. The molecule has 0 aliphatic rings. The maximum atomic E-state index is 10.3. The lowest BCUT2D eigenvalue weighted by Gasteiger charge is -1.70. The summed E-state index contributed by atoms with van der Waals surface area (Å²) in [5.74, 6) is -2.69. The summed E-state index contributed by atoms with van der Waals surface area (Å²) in [5, 5.41) is 0. The number of hydrogen-bond acceptors (Lipinski definition) is 0. The van der Waals surface area contributed by atoms with Gasteiger partial charge in [-0.1, -0.05) is 11.6 Å². The highest BCUT2D eigenvalue weighted by Crippen LogP contribution is 1.93. The van der Waals surface area contributed by atoms with Crippen molar-refractivity contribution in [1.29, 1.82) is 0 Å². The van der Waals surface area contributed by atoms with Crippen LogP contribution in [-0.2, 0) is 0 Å². The molecule has 52 valence electrons. The third-order valence-electron chi connectivity index (χ3n) is 0. The summed E-state index contributed by atoms with van der Waals surface area (Å²) in [6.45, 7) is 0.833. The van der Waals surface area contributed by atoms with Gasteiger partial charge in [-0.3, -0.25) is 0 Å². The van der Waals surface area contributed by atoms with Crippen molar-refractivity contribution in [2.45, 2.75) is 19.2 Å². The first-order valence-corrected chi connectivity index (χ1v) is 2.10. The van der Waals surface area contributed by atoms with Gasteiger partial charge in [0.15, 0.2) is 0 Å². The predicted octanol–water partition coefficient (Wildman–Crippen LogP) is 2.72. The van der Waals surface area contributed by atoms with Crippen LogP contribution in [-0.4, -0.2) is 12.3 Å². The molecule has 0 aromatic heterocycles. The molecule has 0 amide bonds. The largest absolute Gasteiger partial charge is 0.312 e. The minimum Gasteiger partial charge on any atom is -0.211 e. The molecule has 0 radical (unpaired) electrons. The summed E-state index contributed by atoms with van der Waals surface area (Å²) in [5.41, 5.74) is 0. The van der Waals surface area contributed by atoms with Gasteiger partial charge < -0.3 is 0 Å². The van der Waals surface area contributed by atoms with E-state index in [2.05, 4.69) is 11.6 Å². The van der Waals surface area contributed by atoms with Crippen molar-refractivity contribution >= 4 is 11.6 Å². The topological polar surface area (TPSA) is 0 Å². The van der Waals surface area contributed by atoms with Gasteiger partial charge in [0.2, 0.25) is 6.43 Å². The molecule has 0 aliphatic heterocycles. The minimum atomic E-state index is -2.69. The normalized spacial score (nSPS) is 9.00. The van der Waals surface area contributed by atoms with Crippen LogP contribution in [0, 0.1) is 0 Å². The SMILES string of the molecule is CC(F)F.FC(F)Cl. The Morgan fingerprint density at radius 1 is 1.12 bits per heavy atom. The third kappa shape index (κ3) is 1510000. The van der Waals surface area contributed by atoms with Crippen molar-refractivity contribution in [3.05, 3.63) is 0 Å². The molecule has 0 bridgehead atoms. The Hall–Kier alpha value is 0.01000. The van der Waals surface area contributed by atoms with Crippen LogP contribution in [0.25, 0.3) is 0 Å². The van der Waals surface area contributed by atoms with Crippen LogP contribution in [0.4, 0.5) is 17.6 Å². The first-order chi connectivity index (χ1) is 3.46. The summed E-state index contributed by atoms with van der Waals surface area (Å²) in [6.07, 6.45) is -2.17. The second-order valence-corrected chi connectivity index (χ2v) is 1.10. The van der Waals surface area contributed by atoms with E-state index in [0.717, 1.165) is 6.92 Å². The van der Waals surface area contributed by atoms with E-state index in [-0.39, 0.29) is 0 Å². The molecule has 0 saturated carbocycles. The Morgan fingerprint density at radius 3 is 1.12 bits per heavy atom. The number of alkyl halides is 5. The number of rotatable bonds is 0. The second kappa shape index (κ2) is 7.01. The van der Waals surface area contributed by atoms with Gasteiger partial charge in [-0.2, -0.15) is 8.78 Å². The van der Waals surface area contributed by atoms with Crippen molar-refractivity contribution in [1.82, 2.24) is 0 Å². The zero-order chi connectivity index (χ0) is 7.15. The molecule has 0 atom stereocenters. The Morgan fingerprint density at radius 2 is 1.12 bits per heavy atom. The third-order valence-corrected chi connectivity index (χ3v) is 0. The standard InChI is InChI=1S/C2H4F2.CHClF2/c1-2(3)4;2-1(3)4/h2H,1H3;1H. The van der Waals surface area contributed by atoms with Gasteiger partial charge in [0.05, 0.1) is 0 Å². The van der Waals surface area contributed by atoms with Gasteiger partial charge in [-0.05, 0) is 6.92 Å². The molecule has 0 fully saturated rings. The van der Waals surface area contributed by atoms with Crippen LogP contribution in [0.2, 0.25) is 0 Å². The smallest absolute Gasteiger partial charge is 0.211 e. The number of hydrogen-bond donors (Lipinski definition) is 0. The fourth-order valence-corrected chi connectivity index (χ4v) is 0. The average Bonchev–Trinajstić information content (AvgIpc) is 1.25. The van der Waals surface area contributed by atoms with E-state index in [4.69, 9.17) is 0 Å². The first kappa shape index (κ1) is 10.9. The summed E-state index contributed by atoms with van der Waals surface area (Å²) in [4.78, 5) is 0. The molecule has 0 spiro atoms. The van der Waals surface area contributed by atoms with Crippen molar-refractivity contribution in [3.8, 4) is 0 Å². The van der Waals surface area contributed by atoms with E-state index in [1.807, 2.05) is 0 Å². The fraction of sp³-hybridized carbons (Fsp3) is 1.00. The molecule has 8 heavy (non-hydrogen) atoms. The highest BCUT2D eigenvalue weighted by atomic mass is 35.5. The van der Waals surface area contributed by atoms with E-state index in [1.54, 1.807) is 0 Å². The Kier molecular flexibility index (Phi) is 9.55. The Bertz CT molecular complexity index is 26.8. The fourth-order valence-electron chi connectivity index (χ4n) is 0. The van der Waals surface area contributed by atoms with E-state index >= 15 is 0 Å². The van der Waals surface area contributed by atoms with Gasteiger partial charge in [-0.15, -0.1) is 0 Å². The summed E-state index contributed by atoms with van der Waals surface area (Å²) < 4.78 is 40.9. The molecule has 0 nitrogen and oxygen atoms in total. The van der Waals surface area contributed by atoms with Crippen LogP contribution in [0.5, 0.6) is 0 Å². The minimum absolute atomic E-state index is 0.833. The zero-order valence-electron chi connectivity index (χ0n) is 4.04. The Labute approximate surface area is 49.4 Å². The van der Waals surface area contributed by atoms with E-state index in [0.29, 0.717) is 0 Å². The molecule has 0 rings (SSSR count). The lowest BCUT2D eigenvalue weighted by atomic mass is 10.9. The molecule has 0 N–H and O–H groups in total. The van der Waals surface area contributed by atoms with Crippen molar-refractivity contribution in [2.75, 3.05) is 0 Å². The van der Waals surface area contributed by atoms with Crippen LogP contribution in [0.3, 0.4) is 0 Å². The van der Waals surface area contributed by atoms with E-state index in [9.17, 15) is 17.6 Å². The van der Waals surface area contributed by atoms with Crippen LogP contribution < -0.4 is 0 Å². The number of halogens is 5. The van der Waals surface area contributed by atoms with Gasteiger partial charge in [-0.25, -0.2) is 8.78 Å². The van der Waals surface area contributed by atoms with Gasteiger partial charge in [0.25, 0.3) is 0 Å². The first-order valence-electron chi connectivity index (χ1n) is 1.67. The van der Waals surface area contributed by atoms with Crippen molar-refractivity contribution in [3.63, 3.8) is 0 Å². The highest BCUT2D eigenvalue weighted by molar-refractivity contribution is 6.18. The van der Waals surface area contributed by atoms with Crippen molar-refractivity contribution < 1.29 is 17.6 Å². The van der Waals surface area contributed by atoms with Gasteiger partial charge in [0.1, 0.15) is 0 Å². The summed E-state index contributed by atoms with van der Waals surface area (Å²) >= 11 is 3.94. The molecule has 0 aromatic rings. The highest BCUT2D eigenvalue weighted by Gasteiger charge is 1.83. The lowest BCUT2D eigenvalue weighted by molar-refractivity contribution is 0.171. The average molecular weight is 153 g/mol. The molecule has 0 heterocycles. The maximum absolute atomic E-state index is 10.3. The molecule has 0 saturated heterocycles. The lowest BCUT2D eigenvalue weighted by Crippen LogP contribution is -1.69. The molecule has 0 unspecified atom stereocenters. The van der Waals surface area contributed by atoms with Crippen molar-refractivity contribution in [2.24, 2.45) is 0 Å². The summed E-state index contributed by atoms with van der Waals surface area (Å²) in [7, 11) is 0. The van der Waals surface area contributed by atoms with Gasteiger partial charge >= 0.3 is 5.88 Å². The monoisotopic (exact) mass is 152 g/mol. The predicted molar refractivity (Wildman–Crippen MR) is 23.5 cm³/mol. The quantitative estimate of drug-likeness (QED) is 0.370. The summed E-state index contributed by atoms with van der Waals surface area (Å²) in [6, 6.07) is 0. The van der Waals surface area contributed by atoms with E-state index in [1.165, 1.54) is 0 Å². The second-order valence-electron chi connectivity index (χ2n) is 0.766. The van der Waals surface area contributed by atoms with Crippen LogP contribution in [0.1, 0.15) is 6.92 Å². The molecule has 0 aromatic carbocycles. The van der Waals surface area contributed by atoms with Crippen LogP contribution >= 0.6 is 11.6 Å². The molecule has 0 aliphatic carbocycles. The molecule has 5 heteroatoms. The molecular formula is C3H5ClF4. The van der Waals surface area contributed by atoms with E-state index < -0.39 is 12.3 Å². The zero-order valence-corrected chi connectivity index (χ0v) is 4.80. The maximum Gasteiger partial charge on any atom is 0.312 e.